The van der Waals surface area contributed by atoms with Crippen LogP contribution in [0, 0.1) is 11.8 Å². The first-order chi connectivity index (χ1) is 8.56. The zero-order valence-electron chi connectivity index (χ0n) is 12.4. The highest BCUT2D eigenvalue weighted by Crippen LogP contribution is 2.03. The lowest BCUT2D eigenvalue weighted by Gasteiger charge is -2.15. The van der Waals surface area contributed by atoms with Crippen LogP contribution in [-0.2, 0) is 9.47 Å². The predicted octanol–water partition coefficient (Wildman–Crippen LogP) is 1.67. The molecule has 0 saturated carbocycles. The molecule has 0 aliphatic rings. The van der Waals surface area contributed by atoms with Gasteiger partial charge < -0.3 is 19.9 Å². The van der Waals surface area contributed by atoms with Crippen LogP contribution in [-0.4, -0.2) is 51.2 Å². The number of ether oxygens (including phenoxy) is 2. The van der Waals surface area contributed by atoms with Gasteiger partial charge in [-0.25, -0.2) is 0 Å². The van der Waals surface area contributed by atoms with Crippen molar-refractivity contribution in [3.05, 3.63) is 0 Å². The molecule has 110 valence electrons. The first-order valence-corrected chi connectivity index (χ1v) is 7.01. The Morgan fingerprint density at radius 2 is 1.83 bits per heavy atom. The van der Waals surface area contributed by atoms with Crippen LogP contribution in [0.2, 0.25) is 0 Å². The molecule has 2 N–H and O–H groups in total. The molecule has 0 fully saturated rings. The number of methoxy groups -OCH3 is 1. The van der Waals surface area contributed by atoms with Crippen LogP contribution in [0.4, 0.5) is 0 Å². The summed E-state index contributed by atoms with van der Waals surface area (Å²) >= 11 is 0. The van der Waals surface area contributed by atoms with Crippen LogP contribution >= 0.6 is 0 Å². The van der Waals surface area contributed by atoms with Gasteiger partial charge in [0.05, 0.1) is 12.7 Å². The molecule has 4 nitrogen and oxygen atoms in total. The number of rotatable bonds is 12. The molecule has 2 atom stereocenters. The Hall–Kier alpha value is -0.160. The fourth-order valence-corrected chi connectivity index (χ4v) is 1.71. The summed E-state index contributed by atoms with van der Waals surface area (Å²) in [6.45, 7) is 9.88. The molecule has 0 radical (unpaired) electrons. The summed E-state index contributed by atoms with van der Waals surface area (Å²) in [4.78, 5) is 0. The lowest BCUT2D eigenvalue weighted by Crippen LogP contribution is -2.34. The van der Waals surface area contributed by atoms with Crippen LogP contribution in [0.25, 0.3) is 0 Å². The number of hydrogen-bond donors (Lipinski definition) is 2. The summed E-state index contributed by atoms with van der Waals surface area (Å²) in [5.74, 6) is 1.19. The quantitative estimate of drug-likeness (QED) is 0.525. The normalized spacial score (nSPS) is 15.0. The summed E-state index contributed by atoms with van der Waals surface area (Å²) < 4.78 is 10.5. The fraction of sp³-hybridized carbons (Fsp3) is 1.00. The Morgan fingerprint density at radius 3 is 2.44 bits per heavy atom. The van der Waals surface area contributed by atoms with Gasteiger partial charge in [-0.15, -0.1) is 0 Å². The van der Waals surface area contributed by atoms with E-state index in [-0.39, 0.29) is 0 Å². The van der Waals surface area contributed by atoms with Crippen molar-refractivity contribution in [3.63, 3.8) is 0 Å². The molecular weight excluding hydrogens is 230 g/mol. The Morgan fingerprint density at radius 1 is 1.11 bits per heavy atom. The summed E-state index contributed by atoms with van der Waals surface area (Å²) in [5.41, 5.74) is 0. The van der Waals surface area contributed by atoms with Crippen LogP contribution < -0.4 is 5.32 Å². The number of hydrogen-bond acceptors (Lipinski definition) is 4. The Kier molecular flexibility index (Phi) is 11.8. The molecule has 0 aromatic heterocycles. The number of aliphatic hydroxyl groups excluding tert-OH is 1. The third-order valence-electron chi connectivity index (χ3n) is 2.70. The van der Waals surface area contributed by atoms with Gasteiger partial charge >= 0.3 is 0 Å². The SMILES string of the molecule is COCC(C)CNCC(O)COCCCC(C)C. The monoisotopic (exact) mass is 261 g/mol. The number of nitrogens with one attached hydrogen (secondary N) is 1. The van der Waals surface area contributed by atoms with Crippen LogP contribution in [0.1, 0.15) is 33.6 Å². The molecule has 18 heavy (non-hydrogen) atoms. The maximum atomic E-state index is 9.68. The second-order valence-electron chi connectivity index (χ2n) is 5.48. The van der Waals surface area contributed by atoms with Gasteiger partial charge in [0, 0.05) is 26.9 Å². The molecule has 0 rings (SSSR count). The minimum Gasteiger partial charge on any atom is -0.389 e. The van der Waals surface area contributed by atoms with Gasteiger partial charge in [-0.1, -0.05) is 20.8 Å². The lowest BCUT2D eigenvalue weighted by atomic mass is 10.1. The molecule has 0 amide bonds. The van der Waals surface area contributed by atoms with Crippen molar-refractivity contribution in [1.82, 2.24) is 5.32 Å². The van der Waals surface area contributed by atoms with Gasteiger partial charge in [0.25, 0.3) is 0 Å². The first kappa shape index (κ1) is 17.8. The van der Waals surface area contributed by atoms with E-state index >= 15 is 0 Å². The second kappa shape index (κ2) is 11.9. The highest BCUT2D eigenvalue weighted by atomic mass is 16.5. The standard InChI is InChI=1S/C14H31NO3/c1-12(2)6-5-7-18-11-14(16)9-15-8-13(3)10-17-4/h12-16H,5-11H2,1-4H3. The molecule has 0 heterocycles. The average Bonchev–Trinajstić information content (AvgIpc) is 2.28. The molecular formula is C14H31NO3. The molecule has 0 aliphatic carbocycles. The van der Waals surface area contributed by atoms with Crippen LogP contribution in [0.5, 0.6) is 0 Å². The largest absolute Gasteiger partial charge is 0.389 e. The first-order valence-electron chi connectivity index (χ1n) is 7.01. The molecule has 0 aromatic carbocycles. The van der Waals surface area contributed by atoms with E-state index in [1.54, 1.807) is 7.11 Å². The average molecular weight is 261 g/mol. The summed E-state index contributed by atoms with van der Waals surface area (Å²) in [6, 6.07) is 0. The van der Waals surface area contributed by atoms with Crippen molar-refractivity contribution in [1.29, 1.82) is 0 Å². The fourth-order valence-electron chi connectivity index (χ4n) is 1.71. The van der Waals surface area contributed by atoms with Crippen molar-refractivity contribution in [3.8, 4) is 0 Å². The summed E-state index contributed by atoms with van der Waals surface area (Å²) in [5, 5.41) is 12.9. The minimum absolute atomic E-state index is 0.418. The van der Waals surface area contributed by atoms with Gasteiger partial charge in [0.1, 0.15) is 0 Å². The summed E-state index contributed by atoms with van der Waals surface area (Å²) in [6.07, 6.45) is 1.84. The van der Waals surface area contributed by atoms with Crippen molar-refractivity contribution in [2.45, 2.75) is 39.7 Å². The zero-order valence-corrected chi connectivity index (χ0v) is 12.4. The molecule has 4 heteroatoms. The molecule has 2 unspecified atom stereocenters. The smallest absolute Gasteiger partial charge is 0.0897 e. The molecule has 0 saturated heterocycles. The van der Waals surface area contributed by atoms with Gasteiger partial charge in [-0.05, 0) is 31.2 Å². The van der Waals surface area contributed by atoms with Crippen molar-refractivity contribution < 1.29 is 14.6 Å². The Labute approximate surface area is 112 Å². The Balaban J connectivity index is 3.29. The van der Waals surface area contributed by atoms with Crippen molar-refractivity contribution in [2.75, 3.05) is 40.0 Å². The Bertz CT molecular complexity index is 176. The molecule has 0 spiro atoms. The van der Waals surface area contributed by atoms with Crippen molar-refractivity contribution >= 4 is 0 Å². The van der Waals surface area contributed by atoms with E-state index in [0.717, 1.165) is 32.1 Å². The minimum atomic E-state index is -0.418. The van der Waals surface area contributed by atoms with E-state index in [1.807, 2.05) is 0 Å². The van der Waals surface area contributed by atoms with Gasteiger partial charge in [0.2, 0.25) is 0 Å². The van der Waals surface area contributed by atoms with E-state index in [4.69, 9.17) is 9.47 Å². The maximum Gasteiger partial charge on any atom is 0.0897 e. The third kappa shape index (κ3) is 12.3. The third-order valence-corrected chi connectivity index (χ3v) is 2.70. The van der Waals surface area contributed by atoms with E-state index in [9.17, 15) is 5.11 Å². The zero-order chi connectivity index (χ0) is 13.8. The highest BCUT2D eigenvalue weighted by Gasteiger charge is 2.06. The van der Waals surface area contributed by atoms with Crippen LogP contribution in [0.3, 0.4) is 0 Å². The van der Waals surface area contributed by atoms with Gasteiger partial charge in [0.15, 0.2) is 0 Å². The van der Waals surface area contributed by atoms with Crippen molar-refractivity contribution in [2.24, 2.45) is 11.8 Å². The van der Waals surface area contributed by atoms with E-state index in [2.05, 4.69) is 26.1 Å². The van der Waals surface area contributed by atoms with Gasteiger partial charge in [-0.3, -0.25) is 0 Å². The topological polar surface area (TPSA) is 50.7 Å². The molecule has 0 aliphatic heterocycles. The lowest BCUT2D eigenvalue weighted by molar-refractivity contribution is 0.0339. The van der Waals surface area contributed by atoms with E-state index < -0.39 is 6.10 Å². The second-order valence-corrected chi connectivity index (χ2v) is 5.48. The highest BCUT2D eigenvalue weighted by molar-refractivity contribution is 4.61. The van der Waals surface area contributed by atoms with Gasteiger partial charge in [-0.2, -0.15) is 0 Å². The van der Waals surface area contributed by atoms with Crippen LogP contribution in [0.15, 0.2) is 0 Å². The van der Waals surface area contributed by atoms with E-state index in [0.29, 0.717) is 19.1 Å². The molecule has 0 bridgehead atoms. The predicted molar refractivity (Wildman–Crippen MR) is 74.8 cm³/mol. The maximum absolute atomic E-state index is 9.68. The number of aliphatic hydroxyl groups is 1. The van der Waals surface area contributed by atoms with E-state index in [1.165, 1.54) is 6.42 Å². The molecule has 0 aromatic rings. The summed E-state index contributed by atoms with van der Waals surface area (Å²) in [7, 11) is 1.70.